The summed E-state index contributed by atoms with van der Waals surface area (Å²) in [6.07, 6.45) is 1.63. The molecule has 1 rings (SSSR count). The first-order chi connectivity index (χ1) is 9.17. The molecule has 0 unspecified atom stereocenters. The van der Waals surface area contributed by atoms with Crippen molar-refractivity contribution in [1.29, 1.82) is 0 Å². The lowest BCUT2D eigenvalue weighted by atomic mass is 10.3. The van der Waals surface area contributed by atoms with Crippen molar-refractivity contribution in [2.24, 2.45) is 0 Å². The first-order valence-electron chi connectivity index (χ1n) is 6.36. The van der Waals surface area contributed by atoms with Crippen LogP contribution in [0.25, 0.3) is 0 Å². The van der Waals surface area contributed by atoms with Gasteiger partial charge in [-0.05, 0) is 37.1 Å². The summed E-state index contributed by atoms with van der Waals surface area (Å²) in [5, 5.41) is 3.58. The average molecular weight is 302 g/mol. The molecule has 0 saturated carbocycles. The second-order valence-electron chi connectivity index (χ2n) is 4.11. The van der Waals surface area contributed by atoms with Crippen molar-refractivity contribution in [3.05, 3.63) is 29.3 Å². The Balaban J connectivity index is 2.43. The molecule has 1 aromatic carbocycles. The van der Waals surface area contributed by atoms with Crippen molar-refractivity contribution < 1.29 is 9.53 Å². The monoisotopic (exact) mass is 301 g/mol. The fourth-order valence-corrected chi connectivity index (χ4v) is 2.65. The van der Waals surface area contributed by atoms with Crippen molar-refractivity contribution in [2.75, 3.05) is 20.3 Å². The molecule has 0 saturated heterocycles. The molecular weight excluding hydrogens is 282 g/mol. The molecule has 106 valence electrons. The Labute approximate surface area is 124 Å². The summed E-state index contributed by atoms with van der Waals surface area (Å²) in [5.74, 6) is 0.0820. The fraction of sp³-hybridized carbons (Fsp3) is 0.500. The van der Waals surface area contributed by atoms with Crippen molar-refractivity contribution in [3.63, 3.8) is 0 Å². The maximum absolute atomic E-state index is 12.0. The summed E-state index contributed by atoms with van der Waals surface area (Å²) < 4.78 is 4.95. The van der Waals surface area contributed by atoms with E-state index in [2.05, 4.69) is 5.32 Å². The van der Waals surface area contributed by atoms with Crippen LogP contribution in [0.4, 0.5) is 0 Å². The number of rotatable bonds is 8. The highest BCUT2D eigenvalue weighted by Gasteiger charge is 2.17. The quantitative estimate of drug-likeness (QED) is 0.591. The molecule has 0 aromatic heterocycles. The summed E-state index contributed by atoms with van der Waals surface area (Å²) in [5.41, 5.74) is 0. The van der Waals surface area contributed by atoms with Gasteiger partial charge in [-0.25, -0.2) is 0 Å². The number of carbonyl (C=O) groups excluding carboxylic acids is 1. The maximum atomic E-state index is 12.0. The predicted octanol–water partition coefficient (Wildman–Crippen LogP) is 3.36. The predicted molar refractivity (Wildman–Crippen MR) is 80.9 cm³/mol. The van der Waals surface area contributed by atoms with E-state index < -0.39 is 0 Å². The molecule has 5 heteroatoms. The standard InChI is InChI=1S/C14H20ClNO2S/c1-3-13(14(17)16-9-4-10-18-2)19-12-7-5-11(15)6-8-12/h5-8,13H,3-4,9-10H2,1-2H3,(H,16,17)/t13-/m1/s1. The van der Waals surface area contributed by atoms with Gasteiger partial charge in [0.15, 0.2) is 0 Å². The van der Waals surface area contributed by atoms with E-state index in [9.17, 15) is 4.79 Å². The first-order valence-corrected chi connectivity index (χ1v) is 7.62. The van der Waals surface area contributed by atoms with Crippen LogP contribution < -0.4 is 5.32 Å². The van der Waals surface area contributed by atoms with Crippen LogP contribution in [0.15, 0.2) is 29.2 Å². The Hall–Kier alpha value is -0.710. The zero-order chi connectivity index (χ0) is 14.1. The van der Waals surface area contributed by atoms with Crippen molar-refractivity contribution in [1.82, 2.24) is 5.32 Å². The molecule has 0 aliphatic carbocycles. The highest BCUT2D eigenvalue weighted by Crippen LogP contribution is 2.26. The number of nitrogens with one attached hydrogen (secondary N) is 1. The Kier molecular flexibility index (Phi) is 7.94. The Morgan fingerprint density at radius 1 is 1.42 bits per heavy atom. The van der Waals surface area contributed by atoms with Gasteiger partial charge < -0.3 is 10.1 Å². The molecule has 1 N–H and O–H groups in total. The van der Waals surface area contributed by atoms with Crippen LogP contribution >= 0.6 is 23.4 Å². The fourth-order valence-electron chi connectivity index (χ4n) is 1.54. The number of carbonyl (C=O) groups is 1. The molecule has 3 nitrogen and oxygen atoms in total. The minimum absolute atomic E-state index is 0.0660. The normalized spacial score (nSPS) is 12.2. The largest absolute Gasteiger partial charge is 0.385 e. The Morgan fingerprint density at radius 3 is 2.68 bits per heavy atom. The summed E-state index contributed by atoms with van der Waals surface area (Å²) in [7, 11) is 1.66. The first kappa shape index (κ1) is 16.3. The van der Waals surface area contributed by atoms with Gasteiger partial charge in [0.25, 0.3) is 0 Å². The summed E-state index contributed by atoms with van der Waals surface area (Å²) in [6, 6.07) is 7.56. The molecule has 19 heavy (non-hydrogen) atoms. The third kappa shape index (κ3) is 6.32. The highest BCUT2D eigenvalue weighted by atomic mass is 35.5. The number of ether oxygens (including phenoxy) is 1. The molecule has 0 bridgehead atoms. The molecule has 1 aromatic rings. The third-order valence-corrected chi connectivity index (χ3v) is 4.21. The van der Waals surface area contributed by atoms with Crippen molar-refractivity contribution in [2.45, 2.75) is 29.9 Å². The summed E-state index contributed by atoms with van der Waals surface area (Å²) in [4.78, 5) is 13.1. The maximum Gasteiger partial charge on any atom is 0.233 e. The molecule has 0 aliphatic heterocycles. The molecule has 1 atom stereocenters. The SMILES string of the molecule is CC[C@@H](Sc1ccc(Cl)cc1)C(=O)NCCCOC. The van der Waals surface area contributed by atoms with Gasteiger partial charge in [0.05, 0.1) is 5.25 Å². The van der Waals surface area contributed by atoms with Crippen LogP contribution in [0.1, 0.15) is 19.8 Å². The highest BCUT2D eigenvalue weighted by molar-refractivity contribution is 8.00. The molecular formula is C14H20ClNO2S. The third-order valence-electron chi connectivity index (χ3n) is 2.58. The van der Waals surface area contributed by atoms with E-state index in [-0.39, 0.29) is 11.2 Å². The zero-order valence-corrected chi connectivity index (χ0v) is 12.9. The number of methoxy groups -OCH3 is 1. The van der Waals surface area contributed by atoms with Gasteiger partial charge >= 0.3 is 0 Å². The van der Waals surface area contributed by atoms with E-state index in [0.717, 1.165) is 17.7 Å². The number of thioether (sulfide) groups is 1. The van der Waals surface area contributed by atoms with Crippen molar-refractivity contribution in [3.8, 4) is 0 Å². The van der Waals surface area contributed by atoms with Crippen LogP contribution in [-0.2, 0) is 9.53 Å². The Bertz CT molecular complexity index is 384. The second kappa shape index (κ2) is 9.23. The number of hydrogen-bond donors (Lipinski definition) is 1. The van der Waals surface area contributed by atoms with Gasteiger partial charge in [0, 0.05) is 30.2 Å². The van der Waals surface area contributed by atoms with Crippen LogP contribution in [0, 0.1) is 0 Å². The smallest absolute Gasteiger partial charge is 0.233 e. The van der Waals surface area contributed by atoms with Gasteiger partial charge in [-0.1, -0.05) is 18.5 Å². The lowest BCUT2D eigenvalue weighted by molar-refractivity contribution is -0.120. The van der Waals surface area contributed by atoms with Crippen molar-refractivity contribution >= 4 is 29.3 Å². The molecule has 1 amide bonds. The van der Waals surface area contributed by atoms with E-state index in [0.29, 0.717) is 18.2 Å². The summed E-state index contributed by atoms with van der Waals surface area (Å²) >= 11 is 7.41. The number of benzene rings is 1. The van der Waals surface area contributed by atoms with E-state index in [1.54, 1.807) is 18.9 Å². The lowest BCUT2D eigenvalue weighted by Gasteiger charge is -2.14. The van der Waals surface area contributed by atoms with E-state index in [1.807, 2.05) is 31.2 Å². The van der Waals surface area contributed by atoms with Gasteiger partial charge in [-0.3, -0.25) is 4.79 Å². The van der Waals surface area contributed by atoms with E-state index in [1.165, 1.54) is 0 Å². The van der Waals surface area contributed by atoms with E-state index >= 15 is 0 Å². The minimum atomic E-state index is -0.0660. The van der Waals surface area contributed by atoms with Crippen LogP contribution in [0.2, 0.25) is 5.02 Å². The van der Waals surface area contributed by atoms with Gasteiger partial charge in [0.2, 0.25) is 5.91 Å². The Morgan fingerprint density at radius 2 is 2.11 bits per heavy atom. The molecule has 0 spiro atoms. The van der Waals surface area contributed by atoms with Gasteiger partial charge in [0.1, 0.15) is 0 Å². The van der Waals surface area contributed by atoms with Crippen LogP contribution in [0.5, 0.6) is 0 Å². The second-order valence-corrected chi connectivity index (χ2v) is 5.82. The minimum Gasteiger partial charge on any atom is -0.385 e. The molecule has 0 radical (unpaired) electrons. The van der Waals surface area contributed by atoms with E-state index in [4.69, 9.17) is 16.3 Å². The average Bonchev–Trinajstić information content (AvgIpc) is 2.42. The van der Waals surface area contributed by atoms with Gasteiger partial charge in [-0.2, -0.15) is 0 Å². The molecule has 0 aliphatic rings. The zero-order valence-electron chi connectivity index (χ0n) is 11.3. The van der Waals surface area contributed by atoms with Gasteiger partial charge in [-0.15, -0.1) is 11.8 Å². The number of hydrogen-bond acceptors (Lipinski definition) is 3. The number of halogens is 1. The summed E-state index contributed by atoms with van der Waals surface area (Å²) in [6.45, 7) is 3.34. The number of amides is 1. The van der Waals surface area contributed by atoms with Crippen LogP contribution in [0.3, 0.4) is 0 Å². The topological polar surface area (TPSA) is 38.3 Å². The lowest BCUT2D eigenvalue weighted by Crippen LogP contribution is -2.33. The molecule has 0 heterocycles. The van der Waals surface area contributed by atoms with Crippen LogP contribution in [-0.4, -0.2) is 31.4 Å². The molecule has 0 fully saturated rings.